The minimum atomic E-state index is -4.47. The van der Waals surface area contributed by atoms with E-state index in [9.17, 15) is 4.57 Å². The van der Waals surface area contributed by atoms with Crippen molar-refractivity contribution in [3.8, 4) is 0 Å². The van der Waals surface area contributed by atoms with Crippen LogP contribution in [0.1, 0.15) is 74.5 Å². The summed E-state index contributed by atoms with van der Waals surface area (Å²) in [5.74, 6) is 1.09. The molecular formula is C22H34NO4P. The summed E-state index contributed by atoms with van der Waals surface area (Å²) in [5.41, 5.74) is 9.94. The van der Waals surface area contributed by atoms with Crippen LogP contribution in [0.25, 0.3) is 0 Å². The molecule has 1 fully saturated rings. The molecule has 0 aliphatic heterocycles. The third kappa shape index (κ3) is 6.01. The van der Waals surface area contributed by atoms with Crippen molar-refractivity contribution in [2.24, 2.45) is 11.7 Å². The van der Waals surface area contributed by atoms with Gasteiger partial charge in [-0.25, -0.2) is 4.57 Å². The van der Waals surface area contributed by atoms with E-state index in [0.29, 0.717) is 12.3 Å². The molecule has 4 N–H and O–H groups in total. The number of nitrogens with two attached hydrogens (primary N) is 1. The van der Waals surface area contributed by atoms with E-state index >= 15 is 0 Å². The molecule has 0 heterocycles. The first-order chi connectivity index (χ1) is 13.3. The molecule has 5 nitrogen and oxygen atoms in total. The smallest absolute Gasteiger partial charge is 0.323 e. The monoisotopic (exact) mass is 407 g/mol. The summed E-state index contributed by atoms with van der Waals surface area (Å²) in [6.45, 7) is 2.12. The largest absolute Gasteiger partial charge is 0.469 e. The Bertz CT molecular complexity index is 744. The van der Waals surface area contributed by atoms with E-state index in [1.165, 1.54) is 42.4 Å². The molecule has 3 atom stereocenters. The SMILES string of the molecule is CCC/C=C\C[C@H]1CCc2cc([C@H]3CC[C@](N)(COP(=O)(O)O)C3)ccc2C1. The fourth-order valence-electron chi connectivity index (χ4n) is 4.66. The average molecular weight is 407 g/mol. The molecule has 3 rings (SSSR count). The lowest BCUT2D eigenvalue weighted by Gasteiger charge is -2.26. The van der Waals surface area contributed by atoms with Gasteiger partial charge in [-0.05, 0) is 79.9 Å². The molecule has 0 saturated heterocycles. The van der Waals surface area contributed by atoms with Crippen LogP contribution in [0, 0.1) is 5.92 Å². The summed E-state index contributed by atoms with van der Waals surface area (Å²) in [4.78, 5) is 17.9. The number of hydrogen-bond donors (Lipinski definition) is 3. The van der Waals surface area contributed by atoms with Gasteiger partial charge in [0.2, 0.25) is 0 Å². The molecule has 2 aliphatic rings. The van der Waals surface area contributed by atoms with Gasteiger partial charge in [0, 0.05) is 5.54 Å². The second-order valence-corrected chi connectivity index (χ2v) is 9.94. The molecule has 2 aliphatic carbocycles. The maximum atomic E-state index is 11.0. The van der Waals surface area contributed by atoms with Crippen LogP contribution >= 0.6 is 7.82 Å². The topological polar surface area (TPSA) is 92.8 Å². The first-order valence-corrected chi connectivity index (χ1v) is 12.1. The Morgan fingerprint density at radius 3 is 2.86 bits per heavy atom. The van der Waals surface area contributed by atoms with Gasteiger partial charge >= 0.3 is 7.82 Å². The summed E-state index contributed by atoms with van der Waals surface area (Å²) < 4.78 is 15.7. The molecule has 0 unspecified atom stereocenters. The molecule has 28 heavy (non-hydrogen) atoms. The highest BCUT2D eigenvalue weighted by Gasteiger charge is 2.38. The van der Waals surface area contributed by atoms with Gasteiger partial charge in [0.25, 0.3) is 0 Å². The van der Waals surface area contributed by atoms with Crippen LogP contribution in [-0.2, 0) is 21.9 Å². The van der Waals surface area contributed by atoms with Crippen LogP contribution in [0.4, 0.5) is 0 Å². The number of hydrogen-bond acceptors (Lipinski definition) is 3. The lowest BCUT2D eigenvalue weighted by molar-refractivity contribution is 0.153. The summed E-state index contributed by atoms with van der Waals surface area (Å²) >= 11 is 0. The van der Waals surface area contributed by atoms with Crippen molar-refractivity contribution >= 4 is 7.82 Å². The van der Waals surface area contributed by atoms with Gasteiger partial charge in [0.1, 0.15) is 0 Å². The number of unbranched alkanes of at least 4 members (excludes halogenated alkanes) is 1. The number of aryl methyl sites for hydroxylation is 1. The summed E-state index contributed by atoms with van der Waals surface area (Å²) in [6, 6.07) is 6.86. The van der Waals surface area contributed by atoms with E-state index in [2.05, 4.69) is 41.8 Å². The van der Waals surface area contributed by atoms with E-state index < -0.39 is 13.4 Å². The van der Waals surface area contributed by atoms with Gasteiger partial charge in [0.05, 0.1) is 6.61 Å². The van der Waals surface area contributed by atoms with Crippen molar-refractivity contribution in [3.05, 3.63) is 47.0 Å². The van der Waals surface area contributed by atoms with Crippen LogP contribution in [0.15, 0.2) is 30.4 Å². The van der Waals surface area contributed by atoms with Crippen molar-refractivity contribution in [2.45, 2.75) is 76.2 Å². The van der Waals surface area contributed by atoms with Gasteiger partial charge in [-0.3, -0.25) is 4.52 Å². The molecule has 1 aromatic carbocycles. The van der Waals surface area contributed by atoms with Crippen LogP contribution in [0.3, 0.4) is 0 Å². The molecule has 156 valence electrons. The third-order valence-electron chi connectivity index (χ3n) is 6.29. The van der Waals surface area contributed by atoms with Gasteiger partial charge in [0.15, 0.2) is 0 Å². The van der Waals surface area contributed by atoms with Crippen molar-refractivity contribution in [1.82, 2.24) is 0 Å². The zero-order valence-electron chi connectivity index (χ0n) is 16.8. The van der Waals surface area contributed by atoms with Gasteiger partial charge in [-0.15, -0.1) is 0 Å². The minimum Gasteiger partial charge on any atom is -0.323 e. The van der Waals surface area contributed by atoms with Crippen LogP contribution in [0.2, 0.25) is 0 Å². The number of phosphoric acid groups is 1. The first-order valence-electron chi connectivity index (χ1n) is 10.5. The van der Waals surface area contributed by atoms with Gasteiger partial charge in [-0.1, -0.05) is 43.7 Å². The number of benzene rings is 1. The Labute approximate surface area is 168 Å². The zero-order chi connectivity index (χ0) is 20.2. The fourth-order valence-corrected chi connectivity index (χ4v) is 5.09. The number of allylic oxidation sites excluding steroid dienone is 2. The molecule has 0 bridgehead atoms. The van der Waals surface area contributed by atoms with Gasteiger partial charge < -0.3 is 15.5 Å². The highest BCUT2D eigenvalue weighted by Crippen LogP contribution is 2.44. The average Bonchev–Trinajstić information content (AvgIpc) is 3.05. The van der Waals surface area contributed by atoms with E-state index in [4.69, 9.17) is 15.5 Å². The van der Waals surface area contributed by atoms with E-state index in [0.717, 1.165) is 31.6 Å². The van der Waals surface area contributed by atoms with E-state index in [1.54, 1.807) is 0 Å². The quantitative estimate of drug-likeness (QED) is 0.432. The lowest BCUT2D eigenvalue weighted by atomic mass is 9.80. The lowest BCUT2D eigenvalue weighted by Crippen LogP contribution is -2.41. The fraction of sp³-hybridized carbons (Fsp3) is 0.636. The Hall–Kier alpha value is -0.970. The normalized spacial score (nSPS) is 28.0. The Kier molecular flexibility index (Phi) is 7.17. The van der Waals surface area contributed by atoms with Crippen molar-refractivity contribution < 1.29 is 18.9 Å². The van der Waals surface area contributed by atoms with Crippen molar-refractivity contribution in [3.63, 3.8) is 0 Å². The van der Waals surface area contributed by atoms with Crippen LogP contribution in [-0.4, -0.2) is 21.9 Å². The molecule has 0 spiro atoms. The highest BCUT2D eigenvalue weighted by atomic mass is 31.2. The highest BCUT2D eigenvalue weighted by molar-refractivity contribution is 7.46. The maximum absolute atomic E-state index is 11.0. The molecule has 1 aromatic rings. The number of rotatable bonds is 8. The van der Waals surface area contributed by atoms with Crippen molar-refractivity contribution in [1.29, 1.82) is 0 Å². The van der Waals surface area contributed by atoms with Gasteiger partial charge in [-0.2, -0.15) is 0 Å². The molecular weight excluding hydrogens is 373 g/mol. The Morgan fingerprint density at radius 1 is 1.29 bits per heavy atom. The summed E-state index contributed by atoms with van der Waals surface area (Å²) in [7, 11) is -4.47. The predicted octanol–water partition coefficient (Wildman–Crippen LogP) is 4.61. The van der Waals surface area contributed by atoms with Crippen molar-refractivity contribution in [2.75, 3.05) is 6.61 Å². The second-order valence-electron chi connectivity index (χ2n) is 8.70. The van der Waals surface area contributed by atoms with Crippen LogP contribution in [0.5, 0.6) is 0 Å². The van der Waals surface area contributed by atoms with Crippen LogP contribution < -0.4 is 5.73 Å². The minimum absolute atomic E-state index is 0.0913. The van der Waals surface area contributed by atoms with E-state index in [1.807, 2.05) is 0 Å². The molecule has 0 amide bonds. The summed E-state index contributed by atoms with van der Waals surface area (Å²) in [6.07, 6.45) is 14.1. The Morgan fingerprint density at radius 2 is 2.11 bits per heavy atom. The Balaban J connectivity index is 1.58. The first kappa shape index (κ1) is 21.7. The predicted molar refractivity (Wildman–Crippen MR) is 112 cm³/mol. The van der Waals surface area contributed by atoms with E-state index in [-0.39, 0.29) is 6.61 Å². The summed E-state index contributed by atoms with van der Waals surface area (Å²) in [5, 5.41) is 0. The number of phosphoric ester groups is 1. The second kappa shape index (κ2) is 9.23. The molecule has 0 radical (unpaired) electrons. The standard InChI is InChI=1S/C22H34NO4P/c1-2-3-4-5-6-17-7-8-19-14-20(10-9-18(19)13-17)21-11-12-22(23,15-21)16-27-28(24,25)26/h4-5,9-10,14,17,21H,2-3,6-8,11-13,15-16,23H2,1H3,(H2,24,25,26)/b5-4-/t17-,21-,22+/m0/s1. The number of fused-ring (bicyclic) bond motifs is 1. The molecule has 0 aromatic heterocycles. The maximum Gasteiger partial charge on any atom is 0.469 e. The third-order valence-corrected chi connectivity index (χ3v) is 6.75. The molecule has 6 heteroatoms. The zero-order valence-corrected chi connectivity index (χ0v) is 17.7. The molecule has 1 saturated carbocycles.